The number of hydrogen-bond acceptors (Lipinski definition) is 4. The van der Waals surface area contributed by atoms with E-state index in [4.69, 9.17) is 0 Å². The highest BCUT2D eigenvalue weighted by Crippen LogP contribution is 2.34. The fourth-order valence-corrected chi connectivity index (χ4v) is 3.40. The maximum Gasteiger partial charge on any atom is 0.256 e. The third kappa shape index (κ3) is 2.76. The summed E-state index contributed by atoms with van der Waals surface area (Å²) in [5, 5.41) is 10.1. The molecule has 3 heterocycles. The number of aliphatic hydroxyl groups excluding tert-OH is 1. The van der Waals surface area contributed by atoms with Gasteiger partial charge in [0.05, 0.1) is 23.2 Å². The molecule has 2 aromatic heterocycles. The summed E-state index contributed by atoms with van der Waals surface area (Å²) in [6.07, 6.45) is 1.36. The number of rotatable bonds is 2. The quantitative estimate of drug-likeness (QED) is 0.750. The first-order chi connectivity index (χ1) is 12.0. The van der Waals surface area contributed by atoms with Gasteiger partial charge in [0.25, 0.3) is 5.91 Å². The second kappa shape index (κ2) is 5.93. The summed E-state index contributed by atoms with van der Waals surface area (Å²) in [7, 11) is 0. The molecule has 0 spiro atoms. The van der Waals surface area contributed by atoms with E-state index in [9.17, 15) is 14.3 Å². The van der Waals surface area contributed by atoms with Gasteiger partial charge in [0.1, 0.15) is 11.6 Å². The minimum absolute atomic E-state index is 0.207. The molecule has 1 aliphatic heterocycles. The number of nitrogens with zero attached hydrogens (tertiary/aromatic N) is 3. The summed E-state index contributed by atoms with van der Waals surface area (Å²) < 4.78 is 13.2. The number of aromatic amines is 1. The lowest BCUT2D eigenvalue weighted by Gasteiger charge is -2.25. The smallest absolute Gasteiger partial charge is 0.256 e. The molecular weight excluding hydrogens is 323 g/mol. The van der Waals surface area contributed by atoms with Gasteiger partial charge in [0.15, 0.2) is 5.65 Å². The number of hydrogen-bond donors (Lipinski definition) is 2. The number of aryl methyl sites for hydroxylation is 1. The zero-order valence-corrected chi connectivity index (χ0v) is 13.6. The van der Waals surface area contributed by atoms with Crippen molar-refractivity contribution in [2.45, 2.75) is 25.5 Å². The third-order valence-corrected chi connectivity index (χ3v) is 4.54. The molecule has 3 aromatic rings. The summed E-state index contributed by atoms with van der Waals surface area (Å²) in [5.41, 5.74) is 2.34. The van der Waals surface area contributed by atoms with Crippen molar-refractivity contribution in [2.75, 3.05) is 6.54 Å². The van der Waals surface area contributed by atoms with Gasteiger partial charge in [-0.05, 0) is 37.1 Å². The predicted octanol–water partition coefficient (Wildman–Crippen LogP) is 2.35. The second-order valence-corrected chi connectivity index (χ2v) is 6.29. The lowest BCUT2D eigenvalue weighted by atomic mass is 10.0. The number of amides is 1. The minimum atomic E-state index is -0.611. The number of nitrogens with one attached hydrogen (secondary N) is 1. The van der Waals surface area contributed by atoms with E-state index in [2.05, 4.69) is 15.0 Å². The number of likely N-dealkylation sites (tertiary alicyclic amines) is 1. The van der Waals surface area contributed by atoms with Gasteiger partial charge in [0.2, 0.25) is 0 Å². The average Bonchev–Trinajstić information content (AvgIpc) is 3.16. The van der Waals surface area contributed by atoms with Crippen molar-refractivity contribution in [2.24, 2.45) is 0 Å². The van der Waals surface area contributed by atoms with E-state index in [0.29, 0.717) is 29.0 Å². The molecule has 0 radical (unpaired) electrons. The maximum absolute atomic E-state index is 13.2. The van der Waals surface area contributed by atoms with Crippen LogP contribution in [-0.4, -0.2) is 43.5 Å². The normalized spacial score (nSPS) is 20.4. The minimum Gasteiger partial charge on any atom is -0.391 e. The standard InChI is InChI=1S/C18H17FN4O2/c1-10-21-16-14(6-7-20-17(16)22-10)18(25)23-9-13(24)8-15(23)11-2-4-12(19)5-3-11/h2-7,13,15,24H,8-9H2,1H3,(H,20,21,22). The van der Waals surface area contributed by atoms with Crippen molar-refractivity contribution >= 4 is 17.1 Å². The molecule has 0 aliphatic carbocycles. The molecule has 1 fully saturated rings. The van der Waals surface area contributed by atoms with E-state index < -0.39 is 6.10 Å². The number of benzene rings is 1. The molecule has 7 heteroatoms. The molecule has 6 nitrogen and oxygen atoms in total. The molecular formula is C18H17FN4O2. The first-order valence-electron chi connectivity index (χ1n) is 8.09. The van der Waals surface area contributed by atoms with E-state index in [1.807, 2.05) is 0 Å². The number of β-amino-alcohol motifs (C(OH)–C–C–N with tert-alkyl or cyclic N) is 1. The van der Waals surface area contributed by atoms with Gasteiger partial charge in [-0.3, -0.25) is 4.79 Å². The Kier molecular flexibility index (Phi) is 3.73. The Morgan fingerprint density at radius 2 is 2.08 bits per heavy atom. The van der Waals surface area contributed by atoms with Gasteiger partial charge in [-0.15, -0.1) is 0 Å². The van der Waals surface area contributed by atoms with Crippen molar-refractivity contribution in [3.63, 3.8) is 0 Å². The second-order valence-electron chi connectivity index (χ2n) is 6.29. The van der Waals surface area contributed by atoms with Crippen LogP contribution in [0.5, 0.6) is 0 Å². The van der Waals surface area contributed by atoms with Crippen LogP contribution in [0.15, 0.2) is 36.5 Å². The van der Waals surface area contributed by atoms with Gasteiger partial charge in [-0.2, -0.15) is 0 Å². The number of aromatic nitrogens is 3. The predicted molar refractivity (Wildman–Crippen MR) is 89.4 cm³/mol. The Morgan fingerprint density at radius 3 is 2.84 bits per heavy atom. The van der Waals surface area contributed by atoms with Crippen molar-refractivity contribution in [1.29, 1.82) is 0 Å². The first-order valence-corrected chi connectivity index (χ1v) is 8.09. The number of carbonyl (C=O) groups excluding carboxylic acids is 1. The Hall–Kier alpha value is -2.80. The highest BCUT2D eigenvalue weighted by Gasteiger charge is 2.36. The molecule has 128 valence electrons. The molecule has 1 aliphatic rings. The zero-order chi connectivity index (χ0) is 17.6. The van der Waals surface area contributed by atoms with Crippen LogP contribution in [0.1, 0.15) is 34.2 Å². The van der Waals surface area contributed by atoms with Crippen LogP contribution in [-0.2, 0) is 0 Å². The number of carbonyl (C=O) groups is 1. The van der Waals surface area contributed by atoms with E-state index in [0.717, 1.165) is 5.56 Å². The van der Waals surface area contributed by atoms with E-state index in [1.165, 1.54) is 12.1 Å². The zero-order valence-electron chi connectivity index (χ0n) is 13.6. The molecule has 2 N–H and O–H groups in total. The fraction of sp³-hybridized carbons (Fsp3) is 0.278. The van der Waals surface area contributed by atoms with Crippen LogP contribution in [0.4, 0.5) is 4.39 Å². The molecule has 4 rings (SSSR count). The third-order valence-electron chi connectivity index (χ3n) is 4.54. The number of halogens is 1. The van der Waals surface area contributed by atoms with Crippen LogP contribution in [0, 0.1) is 12.7 Å². The highest BCUT2D eigenvalue weighted by molar-refractivity contribution is 6.04. The molecule has 1 aromatic carbocycles. The fourth-order valence-electron chi connectivity index (χ4n) is 3.40. The van der Waals surface area contributed by atoms with Gasteiger partial charge < -0.3 is 15.0 Å². The average molecular weight is 340 g/mol. The number of H-pyrrole nitrogens is 1. The van der Waals surface area contributed by atoms with Crippen molar-refractivity contribution in [1.82, 2.24) is 19.9 Å². The largest absolute Gasteiger partial charge is 0.391 e. The molecule has 2 atom stereocenters. The van der Waals surface area contributed by atoms with Gasteiger partial charge in [-0.25, -0.2) is 14.4 Å². The topological polar surface area (TPSA) is 82.1 Å². The van der Waals surface area contributed by atoms with Crippen molar-refractivity contribution in [3.05, 3.63) is 59.3 Å². The summed E-state index contributed by atoms with van der Waals surface area (Å²) in [5.74, 6) is 0.144. The summed E-state index contributed by atoms with van der Waals surface area (Å²) in [6, 6.07) is 7.39. The lowest BCUT2D eigenvalue weighted by molar-refractivity contribution is 0.0717. The van der Waals surface area contributed by atoms with Gasteiger partial charge in [0, 0.05) is 12.7 Å². The molecule has 0 saturated carbocycles. The van der Waals surface area contributed by atoms with Crippen LogP contribution >= 0.6 is 0 Å². The molecule has 1 amide bonds. The summed E-state index contributed by atoms with van der Waals surface area (Å²) >= 11 is 0. The Morgan fingerprint density at radius 1 is 1.32 bits per heavy atom. The number of fused-ring (bicyclic) bond motifs is 1. The van der Waals surface area contributed by atoms with Crippen LogP contribution in [0.3, 0.4) is 0 Å². The van der Waals surface area contributed by atoms with Gasteiger partial charge >= 0.3 is 0 Å². The van der Waals surface area contributed by atoms with Gasteiger partial charge in [-0.1, -0.05) is 12.1 Å². The number of aliphatic hydroxyl groups is 1. The van der Waals surface area contributed by atoms with E-state index >= 15 is 0 Å². The van der Waals surface area contributed by atoms with Crippen molar-refractivity contribution in [3.8, 4) is 0 Å². The SMILES string of the molecule is Cc1nc2nccc(C(=O)N3CC(O)CC3c3ccc(F)cc3)c2[nH]1. The van der Waals surface area contributed by atoms with E-state index in [-0.39, 0.29) is 24.3 Å². The maximum atomic E-state index is 13.2. The van der Waals surface area contributed by atoms with E-state index in [1.54, 1.807) is 36.2 Å². The summed E-state index contributed by atoms with van der Waals surface area (Å²) in [6.45, 7) is 2.04. The van der Waals surface area contributed by atoms with Crippen LogP contribution < -0.4 is 0 Å². The molecule has 2 unspecified atom stereocenters. The molecule has 0 bridgehead atoms. The lowest BCUT2D eigenvalue weighted by Crippen LogP contribution is -2.32. The first kappa shape index (κ1) is 15.7. The summed E-state index contributed by atoms with van der Waals surface area (Å²) in [4.78, 5) is 26.3. The van der Waals surface area contributed by atoms with Crippen LogP contribution in [0.25, 0.3) is 11.2 Å². The molecule has 1 saturated heterocycles. The monoisotopic (exact) mass is 340 g/mol. The number of pyridine rings is 1. The molecule has 25 heavy (non-hydrogen) atoms. The highest BCUT2D eigenvalue weighted by atomic mass is 19.1. The Balaban J connectivity index is 1.73. The van der Waals surface area contributed by atoms with Crippen molar-refractivity contribution < 1.29 is 14.3 Å². The Labute approximate surface area is 143 Å². The number of imidazole rings is 1. The Bertz CT molecular complexity index is 938. The van der Waals surface area contributed by atoms with Crippen LogP contribution in [0.2, 0.25) is 0 Å².